The molecule has 4 rings (SSSR count). The standard InChI is InChI=1S/C23H27N3O2S2/c1-15(11-12-16-7-3-2-4-8-16)24-20(27)14-29-13-19-25-22(28)21-17-9-5-6-10-18(17)30-23(21)26-19/h2-4,7-8,15H,5-6,9-14H2,1H3,(H,24,27)(H,25,26,28). The predicted molar refractivity (Wildman–Crippen MR) is 125 cm³/mol. The molecule has 2 aromatic heterocycles. The first-order chi connectivity index (χ1) is 14.6. The van der Waals surface area contributed by atoms with Crippen LogP contribution in [0.4, 0.5) is 0 Å². The van der Waals surface area contributed by atoms with E-state index in [2.05, 4.69) is 27.4 Å². The van der Waals surface area contributed by atoms with E-state index in [4.69, 9.17) is 0 Å². The second-order valence-electron chi connectivity index (χ2n) is 7.89. The average molecular weight is 442 g/mol. The van der Waals surface area contributed by atoms with Crippen molar-refractivity contribution >= 4 is 39.2 Å². The molecule has 1 aliphatic rings. The summed E-state index contributed by atoms with van der Waals surface area (Å²) in [6.07, 6.45) is 6.24. The molecule has 1 aromatic carbocycles. The van der Waals surface area contributed by atoms with Gasteiger partial charge in [0, 0.05) is 10.9 Å². The topological polar surface area (TPSA) is 74.8 Å². The smallest absolute Gasteiger partial charge is 0.259 e. The van der Waals surface area contributed by atoms with E-state index in [1.165, 1.54) is 34.2 Å². The Morgan fingerprint density at radius 3 is 2.90 bits per heavy atom. The van der Waals surface area contributed by atoms with Gasteiger partial charge < -0.3 is 10.3 Å². The van der Waals surface area contributed by atoms with Crippen LogP contribution in [0.2, 0.25) is 0 Å². The summed E-state index contributed by atoms with van der Waals surface area (Å²) in [5.41, 5.74) is 2.46. The number of H-pyrrole nitrogens is 1. The maximum absolute atomic E-state index is 12.6. The van der Waals surface area contributed by atoms with E-state index in [9.17, 15) is 9.59 Å². The molecule has 2 N–H and O–H groups in total. The molecule has 0 aliphatic heterocycles. The molecule has 1 amide bonds. The maximum atomic E-state index is 12.6. The molecule has 0 radical (unpaired) electrons. The minimum atomic E-state index is -0.0333. The Morgan fingerprint density at radius 1 is 1.27 bits per heavy atom. The summed E-state index contributed by atoms with van der Waals surface area (Å²) in [5.74, 6) is 1.56. The van der Waals surface area contributed by atoms with E-state index >= 15 is 0 Å². The number of hydrogen-bond acceptors (Lipinski definition) is 5. The Labute approximate surface area is 184 Å². The number of thioether (sulfide) groups is 1. The zero-order valence-electron chi connectivity index (χ0n) is 17.2. The molecule has 1 atom stereocenters. The number of benzene rings is 1. The largest absolute Gasteiger partial charge is 0.353 e. The van der Waals surface area contributed by atoms with Gasteiger partial charge in [-0.05, 0) is 56.6 Å². The summed E-state index contributed by atoms with van der Waals surface area (Å²) < 4.78 is 0. The number of aryl methyl sites for hydroxylation is 3. The SMILES string of the molecule is CC(CCc1ccccc1)NC(=O)CSCc1nc2sc3c(c2c(=O)[nH]1)CCCC3. The highest BCUT2D eigenvalue weighted by molar-refractivity contribution is 7.99. The molecule has 5 nitrogen and oxygen atoms in total. The van der Waals surface area contributed by atoms with Crippen LogP contribution in [0.3, 0.4) is 0 Å². The molecule has 3 aromatic rings. The van der Waals surface area contributed by atoms with Gasteiger partial charge in [-0.15, -0.1) is 23.1 Å². The third kappa shape index (κ3) is 5.13. The molecule has 1 unspecified atom stereocenters. The van der Waals surface area contributed by atoms with Gasteiger partial charge in [0.15, 0.2) is 0 Å². The van der Waals surface area contributed by atoms with Gasteiger partial charge in [-0.1, -0.05) is 30.3 Å². The van der Waals surface area contributed by atoms with E-state index in [0.717, 1.165) is 42.3 Å². The van der Waals surface area contributed by atoms with Crippen molar-refractivity contribution in [3.05, 3.63) is 62.5 Å². The third-order valence-electron chi connectivity index (χ3n) is 5.46. The van der Waals surface area contributed by atoms with Crippen molar-refractivity contribution in [1.82, 2.24) is 15.3 Å². The summed E-state index contributed by atoms with van der Waals surface area (Å²) in [6.45, 7) is 2.04. The molecule has 0 spiro atoms. The molecular weight excluding hydrogens is 414 g/mol. The number of amides is 1. The maximum Gasteiger partial charge on any atom is 0.259 e. The first-order valence-corrected chi connectivity index (χ1v) is 12.5. The van der Waals surface area contributed by atoms with Crippen LogP contribution in [0.15, 0.2) is 35.1 Å². The van der Waals surface area contributed by atoms with Crippen LogP contribution in [-0.4, -0.2) is 27.7 Å². The monoisotopic (exact) mass is 441 g/mol. The molecule has 1 aliphatic carbocycles. The lowest BCUT2D eigenvalue weighted by Gasteiger charge is -2.13. The second-order valence-corrected chi connectivity index (χ2v) is 9.96. The molecule has 2 heterocycles. The number of hydrogen-bond donors (Lipinski definition) is 2. The third-order valence-corrected chi connectivity index (χ3v) is 7.59. The van der Waals surface area contributed by atoms with E-state index < -0.39 is 0 Å². The van der Waals surface area contributed by atoms with Crippen molar-refractivity contribution in [2.45, 2.75) is 57.2 Å². The number of nitrogens with one attached hydrogen (secondary N) is 2. The average Bonchev–Trinajstić information content (AvgIpc) is 3.12. The second kappa shape index (κ2) is 9.79. The molecular formula is C23H27N3O2S2. The van der Waals surface area contributed by atoms with Crippen molar-refractivity contribution in [1.29, 1.82) is 0 Å². The lowest BCUT2D eigenvalue weighted by molar-refractivity contribution is -0.119. The molecule has 7 heteroatoms. The number of aromatic amines is 1. The quantitative estimate of drug-likeness (QED) is 0.548. The number of rotatable bonds is 8. The predicted octanol–water partition coefficient (Wildman–Crippen LogP) is 4.23. The van der Waals surface area contributed by atoms with Crippen molar-refractivity contribution in [2.24, 2.45) is 0 Å². The highest BCUT2D eigenvalue weighted by atomic mass is 32.2. The summed E-state index contributed by atoms with van der Waals surface area (Å²) >= 11 is 3.14. The van der Waals surface area contributed by atoms with Gasteiger partial charge in [0.2, 0.25) is 5.91 Å². The van der Waals surface area contributed by atoms with Gasteiger partial charge in [-0.25, -0.2) is 4.98 Å². The number of carbonyl (C=O) groups is 1. The Kier molecular flexibility index (Phi) is 6.89. The van der Waals surface area contributed by atoms with Gasteiger partial charge in [0.05, 0.1) is 16.9 Å². The minimum Gasteiger partial charge on any atom is -0.353 e. The summed E-state index contributed by atoms with van der Waals surface area (Å²) in [4.78, 5) is 34.6. The molecule has 0 saturated carbocycles. The van der Waals surface area contributed by atoms with Crippen molar-refractivity contribution in [2.75, 3.05) is 5.75 Å². The fourth-order valence-corrected chi connectivity index (χ4v) is 5.92. The van der Waals surface area contributed by atoms with Gasteiger partial charge in [0.1, 0.15) is 10.7 Å². The number of carbonyl (C=O) groups excluding carboxylic acids is 1. The highest BCUT2D eigenvalue weighted by Crippen LogP contribution is 2.33. The van der Waals surface area contributed by atoms with E-state index in [-0.39, 0.29) is 17.5 Å². The van der Waals surface area contributed by atoms with Crippen LogP contribution in [-0.2, 0) is 29.8 Å². The van der Waals surface area contributed by atoms with Gasteiger partial charge in [-0.2, -0.15) is 0 Å². The van der Waals surface area contributed by atoms with E-state index in [0.29, 0.717) is 17.3 Å². The number of thiophene rings is 1. The first-order valence-electron chi connectivity index (χ1n) is 10.5. The Bertz CT molecular complexity index is 1080. The normalized spacial score (nSPS) is 14.4. The molecule has 0 saturated heterocycles. The molecule has 30 heavy (non-hydrogen) atoms. The van der Waals surface area contributed by atoms with Gasteiger partial charge in [-0.3, -0.25) is 9.59 Å². The Balaban J connectivity index is 1.27. The van der Waals surface area contributed by atoms with Gasteiger partial charge in [0.25, 0.3) is 5.56 Å². The molecule has 158 valence electrons. The van der Waals surface area contributed by atoms with Crippen LogP contribution in [0.25, 0.3) is 10.2 Å². The van der Waals surface area contributed by atoms with Crippen LogP contribution < -0.4 is 10.9 Å². The Hall–Kier alpha value is -2.12. The zero-order chi connectivity index (χ0) is 20.9. The zero-order valence-corrected chi connectivity index (χ0v) is 18.8. The van der Waals surface area contributed by atoms with Crippen LogP contribution in [0, 0.1) is 0 Å². The highest BCUT2D eigenvalue weighted by Gasteiger charge is 2.19. The van der Waals surface area contributed by atoms with E-state index in [1.807, 2.05) is 25.1 Å². The lowest BCUT2D eigenvalue weighted by atomic mass is 9.97. The number of aromatic nitrogens is 2. The minimum absolute atomic E-state index is 0.0237. The van der Waals surface area contributed by atoms with E-state index in [1.54, 1.807) is 11.3 Å². The summed E-state index contributed by atoms with van der Waals surface area (Å²) in [5, 5.41) is 3.85. The summed E-state index contributed by atoms with van der Waals surface area (Å²) in [7, 11) is 0. The van der Waals surface area contributed by atoms with Crippen LogP contribution in [0.1, 0.15) is 48.0 Å². The van der Waals surface area contributed by atoms with Crippen molar-refractivity contribution in [3.63, 3.8) is 0 Å². The lowest BCUT2D eigenvalue weighted by Crippen LogP contribution is -2.34. The van der Waals surface area contributed by atoms with Crippen molar-refractivity contribution < 1.29 is 4.79 Å². The number of fused-ring (bicyclic) bond motifs is 3. The Morgan fingerprint density at radius 2 is 2.07 bits per heavy atom. The molecule has 0 bridgehead atoms. The number of nitrogens with zero attached hydrogens (tertiary/aromatic N) is 1. The van der Waals surface area contributed by atoms with Crippen LogP contribution >= 0.6 is 23.1 Å². The fraction of sp³-hybridized carbons (Fsp3) is 0.435. The van der Waals surface area contributed by atoms with Crippen LogP contribution in [0.5, 0.6) is 0 Å². The first kappa shape index (κ1) is 21.1. The summed E-state index contributed by atoms with van der Waals surface area (Å²) in [6, 6.07) is 10.4. The fourth-order valence-electron chi connectivity index (χ4n) is 3.93. The van der Waals surface area contributed by atoms with Gasteiger partial charge >= 0.3 is 0 Å². The molecule has 0 fully saturated rings. The van der Waals surface area contributed by atoms with Crippen molar-refractivity contribution in [3.8, 4) is 0 Å².